The molecule has 2 aromatic rings. The summed E-state index contributed by atoms with van der Waals surface area (Å²) in [4.78, 5) is 14.0. The molecule has 0 N–H and O–H groups in total. The first-order chi connectivity index (χ1) is 8.99. The molecular weight excluding hydrogens is 374 g/mol. The van der Waals surface area contributed by atoms with Crippen LogP contribution in [0.3, 0.4) is 0 Å². The van der Waals surface area contributed by atoms with Crippen molar-refractivity contribution >= 4 is 37.8 Å². The highest BCUT2D eigenvalue weighted by molar-refractivity contribution is 9.10. The van der Waals surface area contributed by atoms with Crippen LogP contribution in [0.25, 0.3) is 0 Å². The van der Waals surface area contributed by atoms with Crippen LogP contribution in [0.5, 0.6) is 0 Å². The molecular formula is C14H13Br2NO2. The zero-order chi connectivity index (χ0) is 14.0. The van der Waals surface area contributed by atoms with Gasteiger partial charge >= 0.3 is 0 Å². The largest absolute Gasteiger partial charge is 0.452 e. The number of aryl methyl sites for hydroxylation is 1. The van der Waals surface area contributed by atoms with Crippen LogP contribution in [-0.4, -0.2) is 17.9 Å². The molecule has 0 fully saturated rings. The first-order valence-electron chi connectivity index (χ1n) is 5.74. The normalized spacial score (nSPS) is 10.5. The van der Waals surface area contributed by atoms with Gasteiger partial charge in [0.15, 0.2) is 4.67 Å². The van der Waals surface area contributed by atoms with E-state index in [0.717, 1.165) is 15.8 Å². The van der Waals surface area contributed by atoms with Crippen molar-refractivity contribution in [1.29, 1.82) is 0 Å². The number of furan rings is 1. The Hall–Kier alpha value is -1.07. The summed E-state index contributed by atoms with van der Waals surface area (Å²) in [6.45, 7) is 2.40. The maximum absolute atomic E-state index is 12.4. The van der Waals surface area contributed by atoms with Crippen LogP contribution in [0.1, 0.15) is 21.7 Å². The molecule has 0 unspecified atom stereocenters. The van der Waals surface area contributed by atoms with E-state index < -0.39 is 0 Å². The fourth-order valence-electron chi connectivity index (χ4n) is 1.76. The number of benzene rings is 1. The summed E-state index contributed by atoms with van der Waals surface area (Å²) >= 11 is 6.71. The lowest BCUT2D eigenvalue weighted by Gasteiger charge is -2.17. The third-order valence-corrected chi connectivity index (χ3v) is 4.27. The van der Waals surface area contributed by atoms with Gasteiger partial charge < -0.3 is 9.32 Å². The average Bonchev–Trinajstić information content (AvgIpc) is 2.77. The van der Waals surface area contributed by atoms with Gasteiger partial charge in [0.2, 0.25) is 0 Å². The van der Waals surface area contributed by atoms with Gasteiger partial charge in [0.25, 0.3) is 5.91 Å². The summed E-state index contributed by atoms with van der Waals surface area (Å²) in [7, 11) is 1.76. The second-order valence-electron chi connectivity index (χ2n) is 4.30. The Morgan fingerprint density at radius 1 is 1.26 bits per heavy atom. The van der Waals surface area contributed by atoms with E-state index >= 15 is 0 Å². The molecule has 1 aromatic carbocycles. The first kappa shape index (κ1) is 14.3. The lowest BCUT2D eigenvalue weighted by atomic mass is 10.1. The van der Waals surface area contributed by atoms with Crippen molar-refractivity contribution in [3.63, 3.8) is 0 Å². The topological polar surface area (TPSA) is 33.5 Å². The van der Waals surface area contributed by atoms with Crippen LogP contribution in [0, 0.1) is 6.92 Å². The maximum Gasteiger partial charge on any atom is 0.255 e. The number of hydrogen-bond acceptors (Lipinski definition) is 2. The number of nitrogens with zero attached hydrogens (tertiary/aromatic N) is 1. The number of rotatable bonds is 3. The summed E-state index contributed by atoms with van der Waals surface area (Å²) in [5.74, 6) is 0.703. The van der Waals surface area contributed by atoms with Gasteiger partial charge in [-0.3, -0.25) is 4.79 Å². The third-order valence-electron chi connectivity index (χ3n) is 2.79. The van der Waals surface area contributed by atoms with Gasteiger partial charge in [0.05, 0.1) is 12.1 Å². The van der Waals surface area contributed by atoms with Gasteiger partial charge in [-0.2, -0.15) is 0 Å². The highest BCUT2D eigenvalue weighted by atomic mass is 79.9. The van der Waals surface area contributed by atoms with Crippen molar-refractivity contribution < 1.29 is 9.21 Å². The summed E-state index contributed by atoms with van der Waals surface area (Å²) in [5, 5.41) is 0. The second kappa shape index (κ2) is 5.92. The molecule has 5 heteroatoms. The predicted molar refractivity (Wildman–Crippen MR) is 81.1 cm³/mol. The van der Waals surface area contributed by atoms with Crippen LogP contribution < -0.4 is 0 Å². The average molecular weight is 387 g/mol. The van der Waals surface area contributed by atoms with E-state index in [2.05, 4.69) is 31.9 Å². The van der Waals surface area contributed by atoms with Crippen LogP contribution >= 0.6 is 31.9 Å². The van der Waals surface area contributed by atoms with Gasteiger partial charge in [0.1, 0.15) is 5.76 Å². The molecule has 1 heterocycles. The van der Waals surface area contributed by atoms with Crippen LogP contribution in [0.2, 0.25) is 0 Å². The van der Waals surface area contributed by atoms with Crippen molar-refractivity contribution in [2.45, 2.75) is 13.5 Å². The van der Waals surface area contributed by atoms with E-state index in [4.69, 9.17) is 4.42 Å². The number of halogens is 2. The molecule has 0 aliphatic heterocycles. The van der Waals surface area contributed by atoms with Gasteiger partial charge in [-0.25, -0.2) is 0 Å². The van der Waals surface area contributed by atoms with Gasteiger partial charge in [-0.15, -0.1) is 0 Å². The maximum atomic E-state index is 12.4. The molecule has 0 bridgehead atoms. The van der Waals surface area contributed by atoms with Gasteiger partial charge in [-0.05, 0) is 62.5 Å². The molecule has 0 saturated heterocycles. The monoisotopic (exact) mass is 385 g/mol. The molecule has 0 spiro atoms. The SMILES string of the molecule is Cc1cccc(C(=O)N(C)Cc2ccc(Br)o2)c1Br. The van der Waals surface area contributed by atoms with Crippen LogP contribution in [0.4, 0.5) is 0 Å². The van der Waals surface area contributed by atoms with E-state index in [1.165, 1.54) is 0 Å². The lowest BCUT2D eigenvalue weighted by molar-refractivity contribution is 0.0774. The molecule has 1 amide bonds. The molecule has 0 saturated carbocycles. The van der Waals surface area contributed by atoms with Crippen LogP contribution in [0.15, 0.2) is 43.9 Å². The van der Waals surface area contributed by atoms with Crippen molar-refractivity contribution in [2.75, 3.05) is 7.05 Å². The van der Waals surface area contributed by atoms with Crippen molar-refractivity contribution in [3.8, 4) is 0 Å². The Bertz CT molecular complexity index is 607. The second-order valence-corrected chi connectivity index (χ2v) is 5.88. The van der Waals surface area contributed by atoms with E-state index in [1.54, 1.807) is 11.9 Å². The highest BCUT2D eigenvalue weighted by Gasteiger charge is 2.17. The fraction of sp³-hybridized carbons (Fsp3) is 0.214. The molecule has 0 aliphatic rings. The molecule has 1 aromatic heterocycles. The minimum Gasteiger partial charge on any atom is -0.452 e. The summed E-state index contributed by atoms with van der Waals surface area (Å²) < 4.78 is 6.91. The molecule has 0 atom stereocenters. The van der Waals surface area contributed by atoms with Crippen molar-refractivity contribution in [1.82, 2.24) is 4.90 Å². The fourth-order valence-corrected chi connectivity index (χ4v) is 2.53. The standard InChI is InChI=1S/C14H13Br2NO2/c1-9-4-3-5-11(13(9)16)14(18)17(2)8-10-6-7-12(15)19-10/h3-7H,8H2,1-2H3. The van der Waals surface area contributed by atoms with E-state index in [1.807, 2.05) is 37.3 Å². The summed E-state index contributed by atoms with van der Waals surface area (Å²) in [5.41, 5.74) is 1.70. The van der Waals surface area contributed by atoms with Crippen molar-refractivity contribution in [2.24, 2.45) is 0 Å². The molecule has 100 valence electrons. The third kappa shape index (κ3) is 3.28. The number of carbonyl (C=O) groups excluding carboxylic acids is 1. The molecule has 0 radical (unpaired) electrons. The first-order valence-corrected chi connectivity index (χ1v) is 7.32. The van der Waals surface area contributed by atoms with Crippen LogP contribution in [-0.2, 0) is 6.54 Å². The molecule has 0 aliphatic carbocycles. The Morgan fingerprint density at radius 3 is 2.63 bits per heavy atom. The Kier molecular flexibility index (Phi) is 4.47. The summed E-state index contributed by atoms with van der Waals surface area (Å²) in [6, 6.07) is 9.32. The number of carbonyl (C=O) groups is 1. The number of amides is 1. The van der Waals surface area contributed by atoms with Crippen molar-refractivity contribution in [3.05, 3.63) is 56.4 Å². The Labute approximate surface area is 128 Å². The smallest absolute Gasteiger partial charge is 0.255 e. The van der Waals surface area contributed by atoms with E-state index in [0.29, 0.717) is 16.8 Å². The van der Waals surface area contributed by atoms with Gasteiger partial charge in [0, 0.05) is 11.5 Å². The minimum atomic E-state index is -0.0388. The Balaban J connectivity index is 2.17. The van der Waals surface area contributed by atoms with Gasteiger partial charge in [-0.1, -0.05) is 12.1 Å². The molecule has 2 rings (SSSR count). The molecule has 3 nitrogen and oxygen atoms in total. The quantitative estimate of drug-likeness (QED) is 0.783. The minimum absolute atomic E-state index is 0.0388. The number of hydrogen-bond donors (Lipinski definition) is 0. The Morgan fingerprint density at radius 2 is 2.00 bits per heavy atom. The zero-order valence-corrected chi connectivity index (χ0v) is 13.8. The highest BCUT2D eigenvalue weighted by Crippen LogP contribution is 2.23. The summed E-state index contributed by atoms with van der Waals surface area (Å²) in [6.07, 6.45) is 0. The predicted octanol–water partition coefficient (Wildman–Crippen LogP) is 4.39. The van der Waals surface area contributed by atoms with E-state index in [9.17, 15) is 4.79 Å². The molecule has 19 heavy (non-hydrogen) atoms. The zero-order valence-electron chi connectivity index (χ0n) is 10.6. The lowest BCUT2D eigenvalue weighted by Crippen LogP contribution is -2.26. The van der Waals surface area contributed by atoms with E-state index in [-0.39, 0.29) is 5.91 Å².